The molecule has 0 aromatic carbocycles. The van der Waals surface area contributed by atoms with Crippen LogP contribution in [0, 0.1) is 5.41 Å². The molecule has 0 aromatic heterocycles. The molecule has 1 rings (SSSR count). The van der Waals surface area contributed by atoms with Crippen LogP contribution in [0.2, 0.25) is 0 Å². The number of nitrogens with zero attached hydrogens (tertiary/aromatic N) is 2. The zero-order chi connectivity index (χ0) is 19.1. The van der Waals surface area contributed by atoms with Crippen LogP contribution in [0.4, 0.5) is 0 Å². The highest BCUT2D eigenvalue weighted by Crippen LogP contribution is 2.30. The van der Waals surface area contributed by atoms with Gasteiger partial charge in [0, 0.05) is 26.2 Å². The summed E-state index contributed by atoms with van der Waals surface area (Å²) in [6.45, 7) is 13.3. The Bertz CT molecular complexity index is 369. The normalized spacial score (nSPS) is 16.1. The van der Waals surface area contributed by atoms with Crippen molar-refractivity contribution in [1.82, 2.24) is 15.5 Å². The minimum Gasteiger partial charge on any atom is -0.396 e. The van der Waals surface area contributed by atoms with Gasteiger partial charge in [0.05, 0.1) is 0 Å². The van der Waals surface area contributed by atoms with Gasteiger partial charge in [0.25, 0.3) is 0 Å². The van der Waals surface area contributed by atoms with Crippen molar-refractivity contribution in [3.8, 4) is 0 Å². The number of aliphatic hydroxyl groups is 1. The maximum Gasteiger partial charge on any atom is 0.191 e. The molecule has 1 aliphatic rings. The van der Waals surface area contributed by atoms with Crippen molar-refractivity contribution in [3.63, 3.8) is 0 Å². The highest BCUT2D eigenvalue weighted by atomic mass is 127. The van der Waals surface area contributed by atoms with E-state index in [9.17, 15) is 5.11 Å². The molecule has 1 fully saturated rings. The Labute approximate surface area is 185 Å². The number of aliphatic imine (C=N–C) groups is 1. The van der Waals surface area contributed by atoms with Crippen molar-refractivity contribution in [2.45, 2.75) is 78.6 Å². The third-order valence-electron chi connectivity index (χ3n) is 5.95. The predicted octanol–water partition coefficient (Wildman–Crippen LogP) is 4.00. The van der Waals surface area contributed by atoms with Gasteiger partial charge < -0.3 is 20.6 Å². The summed E-state index contributed by atoms with van der Waals surface area (Å²) in [5.74, 6) is 0.924. The molecule has 27 heavy (non-hydrogen) atoms. The van der Waals surface area contributed by atoms with Gasteiger partial charge in [-0.1, -0.05) is 26.7 Å². The minimum absolute atomic E-state index is 0. The smallest absolute Gasteiger partial charge is 0.191 e. The summed E-state index contributed by atoms with van der Waals surface area (Å²) < 4.78 is 0. The lowest BCUT2D eigenvalue weighted by Gasteiger charge is -2.29. The van der Waals surface area contributed by atoms with Crippen LogP contribution >= 0.6 is 24.0 Å². The summed E-state index contributed by atoms with van der Waals surface area (Å²) in [6.07, 6.45) is 10.9. The molecule has 0 saturated carbocycles. The first-order valence-corrected chi connectivity index (χ1v) is 11.0. The van der Waals surface area contributed by atoms with Crippen LogP contribution < -0.4 is 10.6 Å². The number of hydrogen-bond acceptors (Lipinski definition) is 3. The van der Waals surface area contributed by atoms with Gasteiger partial charge in [-0.15, -0.1) is 24.0 Å². The Morgan fingerprint density at radius 1 is 1.00 bits per heavy atom. The number of likely N-dealkylation sites (tertiary alicyclic amines) is 1. The summed E-state index contributed by atoms with van der Waals surface area (Å²) in [7, 11) is 0. The van der Waals surface area contributed by atoms with Gasteiger partial charge >= 0.3 is 0 Å². The molecule has 0 unspecified atom stereocenters. The summed E-state index contributed by atoms with van der Waals surface area (Å²) in [5, 5.41) is 16.2. The Hall–Kier alpha value is -0.0800. The molecule has 1 heterocycles. The van der Waals surface area contributed by atoms with E-state index >= 15 is 0 Å². The van der Waals surface area contributed by atoms with Gasteiger partial charge in [-0.3, -0.25) is 4.99 Å². The summed E-state index contributed by atoms with van der Waals surface area (Å²) >= 11 is 0. The molecule has 0 radical (unpaired) electrons. The van der Waals surface area contributed by atoms with E-state index in [2.05, 4.69) is 36.3 Å². The molecule has 0 bridgehead atoms. The van der Waals surface area contributed by atoms with E-state index in [0.717, 1.165) is 44.9 Å². The minimum atomic E-state index is 0. The standard InChI is InChI=1S/C21H44N4O.HI/c1-4-21(5-2,13-18-26)19-24-20(22-6-3)23-14-9-7-10-15-25-16-11-8-12-17-25;/h26H,4-19H2,1-3H3,(H2,22,23,24);1H. The van der Waals surface area contributed by atoms with Crippen molar-refractivity contribution >= 4 is 29.9 Å². The molecular weight excluding hydrogens is 451 g/mol. The van der Waals surface area contributed by atoms with E-state index in [1.54, 1.807) is 0 Å². The second kappa shape index (κ2) is 16.8. The first-order chi connectivity index (χ1) is 12.7. The predicted molar refractivity (Wildman–Crippen MR) is 128 cm³/mol. The van der Waals surface area contributed by atoms with E-state index in [4.69, 9.17) is 4.99 Å². The Morgan fingerprint density at radius 2 is 1.70 bits per heavy atom. The number of guanidine groups is 1. The molecule has 0 aliphatic carbocycles. The van der Waals surface area contributed by atoms with E-state index in [0.29, 0.717) is 0 Å². The number of nitrogens with one attached hydrogen (secondary N) is 2. The quantitative estimate of drug-likeness (QED) is 0.156. The summed E-state index contributed by atoms with van der Waals surface area (Å²) in [6, 6.07) is 0. The van der Waals surface area contributed by atoms with E-state index < -0.39 is 0 Å². The fraction of sp³-hybridized carbons (Fsp3) is 0.952. The second-order valence-electron chi connectivity index (χ2n) is 7.77. The fourth-order valence-electron chi connectivity index (χ4n) is 3.76. The van der Waals surface area contributed by atoms with Crippen LogP contribution in [0.15, 0.2) is 4.99 Å². The molecule has 1 saturated heterocycles. The fourth-order valence-corrected chi connectivity index (χ4v) is 3.76. The number of unbranched alkanes of at least 4 members (excludes halogenated alkanes) is 2. The number of aliphatic hydroxyl groups excluding tert-OH is 1. The third-order valence-corrected chi connectivity index (χ3v) is 5.95. The zero-order valence-electron chi connectivity index (χ0n) is 18.1. The zero-order valence-corrected chi connectivity index (χ0v) is 20.4. The molecule has 0 spiro atoms. The van der Waals surface area contributed by atoms with Crippen LogP contribution in [-0.4, -0.2) is 61.8 Å². The van der Waals surface area contributed by atoms with Gasteiger partial charge in [0.1, 0.15) is 0 Å². The average Bonchev–Trinajstić information content (AvgIpc) is 2.68. The molecule has 0 amide bonds. The van der Waals surface area contributed by atoms with Crippen LogP contribution in [0.5, 0.6) is 0 Å². The maximum atomic E-state index is 9.37. The van der Waals surface area contributed by atoms with Crippen molar-refractivity contribution in [2.24, 2.45) is 10.4 Å². The van der Waals surface area contributed by atoms with Gasteiger partial charge in [-0.05, 0) is 76.9 Å². The second-order valence-corrected chi connectivity index (χ2v) is 7.77. The summed E-state index contributed by atoms with van der Waals surface area (Å²) in [5.41, 5.74) is 0.131. The molecule has 5 nitrogen and oxygen atoms in total. The lowest BCUT2D eigenvalue weighted by atomic mass is 9.79. The van der Waals surface area contributed by atoms with Crippen molar-refractivity contribution in [1.29, 1.82) is 0 Å². The van der Waals surface area contributed by atoms with Gasteiger partial charge in [-0.25, -0.2) is 0 Å². The highest BCUT2D eigenvalue weighted by Gasteiger charge is 2.25. The Balaban J connectivity index is 0.00000676. The van der Waals surface area contributed by atoms with E-state index in [1.165, 1.54) is 58.2 Å². The van der Waals surface area contributed by atoms with Crippen LogP contribution in [0.25, 0.3) is 0 Å². The first-order valence-electron chi connectivity index (χ1n) is 11.0. The third kappa shape index (κ3) is 11.5. The van der Waals surface area contributed by atoms with Crippen LogP contribution in [-0.2, 0) is 0 Å². The molecule has 0 atom stereocenters. The molecule has 0 aromatic rings. The number of piperidine rings is 1. The summed E-state index contributed by atoms with van der Waals surface area (Å²) in [4.78, 5) is 7.44. The average molecular weight is 497 g/mol. The number of hydrogen-bond donors (Lipinski definition) is 3. The molecule has 3 N–H and O–H groups in total. The first kappa shape index (κ1) is 26.9. The molecule has 6 heteroatoms. The topological polar surface area (TPSA) is 59.9 Å². The Kier molecular flexibility index (Phi) is 16.8. The molecular formula is C21H45IN4O. The monoisotopic (exact) mass is 496 g/mol. The van der Waals surface area contributed by atoms with Crippen LogP contribution in [0.3, 0.4) is 0 Å². The number of halogens is 1. The largest absolute Gasteiger partial charge is 0.396 e. The highest BCUT2D eigenvalue weighted by molar-refractivity contribution is 14.0. The lowest BCUT2D eigenvalue weighted by Crippen LogP contribution is -2.39. The molecule has 1 aliphatic heterocycles. The van der Waals surface area contributed by atoms with Crippen LogP contribution in [0.1, 0.15) is 78.6 Å². The van der Waals surface area contributed by atoms with E-state index in [1.807, 2.05) is 0 Å². The lowest BCUT2D eigenvalue weighted by molar-refractivity contribution is 0.175. The Morgan fingerprint density at radius 3 is 2.30 bits per heavy atom. The van der Waals surface area contributed by atoms with E-state index in [-0.39, 0.29) is 36.0 Å². The van der Waals surface area contributed by atoms with Gasteiger partial charge in [-0.2, -0.15) is 0 Å². The van der Waals surface area contributed by atoms with Gasteiger partial charge in [0.15, 0.2) is 5.96 Å². The maximum absolute atomic E-state index is 9.37. The van der Waals surface area contributed by atoms with Crippen molar-refractivity contribution in [2.75, 3.05) is 45.9 Å². The SMILES string of the molecule is CCNC(=NCC(CC)(CC)CCO)NCCCCCN1CCCCC1.I. The van der Waals surface area contributed by atoms with Crippen molar-refractivity contribution in [3.05, 3.63) is 0 Å². The number of rotatable bonds is 13. The molecule has 162 valence electrons. The van der Waals surface area contributed by atoms with Gasteiger partial charge in [0.2, 0.25) is 0 Å². The van der Waals surface area contributed by atoms with Crippen molar-refractivity contribution < 1.29 is 5.11 Å².